The van der Waals surface area contributed by atoms with Crippen LogP contribution in [0.2, 0.25) is 0 Å². The van der Waals surface area contributed by atoms with Gasteiger partial charge in [0.15, 0.2) is 0 Å². The summed E-state index contributed by atoms with van der Waals surface area (Å²) in [6.07, 6.45) is 2.36. The van der Waals surface area contributed by atoms with Gasteiger partial charge in [0.1, 0.15) is 0 Å². The maximum Gasteiger partial charge on any atom is 0.236 e. The fourth-order valence-electron chi connectivity index (χ4n) is 1.75. The first kappa shape index (κ1) is 11.5. The summed E-state index contributed by atoms with van der Waals surface area (Å²) in [6.45, 7) is 6.64. The molecule has 1 fully saturated rings. The normalized spacial score (nSPS) is 24.3. The highest BCUT2D eigenvalue weighted by molar-refractivity contribution is 5.81. The van der Waals surface area contributed by atoms with Crippen molar-refractivity contribution in [3.63, 3.8) is 0 Å². The Balaban J connectivity index is 2.24. The van der Waals surface area contributed by atoms with Gasteiger partial charge in [-0.2, -0.15) is 0 Å². The Hall–Kier alpha value is -0.610. The van der Waals surface area contributed by atoms with Crippen LogP contribution in [0.1, 0.15) is 26.7 Å². The molecule has 1 saturated heterocycles. The van der Waals surface area contributed by atoms with Crippen LogP contribution >= 0.6 is 0 Å². The molecule has 82 valence electrons. The van der Waals surface area contributed by atoms with E-state index in [-0.39, 0.29) is 11.9 Å². The summed E-state index contributed by atoms with van der Waals surface area (Å²) in [6, 6.07) is 0.362. The number of rotatable bonds is 4. The number of piperidine rings is 1. The lowest BCUT2D eigenvalue weighted by molar-refractivity contribution is -0.122. The molecule has 4 heteroatoms. The topological polar surface area (TPSA) is 53.2 Å². The molecule has 0 bridgehead atoms. The molecule has 1 heterocycles. The van der Waals surface area contributed by atoms with E-state index in [0.29, 0.717) is 12.6 Å². The zero-order chi connectivity index (χ0) is 10.4. The number of carbonyl (C=O) groups excluding carboxylic acids is 1. The Morgan fingerprint density at radius 1 is 1.64 bits per heavy atom. The van der Waals surface area contributed by atoms with Crippen molar-refractivity contribution in [1.29, 1.82) is 0 Å². The van der Waals surface area contributed by atoms with E-state index in [1.165, 1.54) is 6.42 Å². The van der Waals surface area contributed by atoms with E-state index in [9.17, 15) is 4.79 Å². The minimum Gasteiger partial charge on any atom is -0.355 e. The Bertz CT molecular complexity index is 178. The number of likely N-dealkylation sites (N-methyl/N-ethyl adjacent to an activating group) is 1. The summed E-state index contributed by atoms with van der Waals surface area (Å²) >= 11 is 0. The monoisotopic (exact) mass is 199 g/mol. The molecule has 1 aliphatic rings. The first-order chi connectivity index (χ1) is 6.74. The second-order valence-corrected chi connectivity index (χ2v) is 3.83. The van der Waals surface area contributed by atoms with Crippen LogP contribution in [0.3, 0.4) is 0 Å². The molecule has 4 nitrogen and oxygen atoms in total. The Morgan fingerprint density at radius 2 is 2.43 bits per heavy atom. The third-order valence-corrected chi connectivity index (χ3v) is 2.53. The van der Waals surface area contributed by atoms with E-state index >= 15 is 0 Å². The predicted molar refractivity (Wildman–Crippen MR) is 57.2 cm³/mol. The highest BCUT2D eigenvalue weighted by Crippen LogP contribution is 2.02. The van der Waals surface area contributed by atoms with Crippen molar-refractivity contribution in [2.75, 3.05) is 19.6 Å². The predicted octanol–water partition coefficient (Wildman–Crippen LogP) is -0.147. The van der Waals surface area contributed by atoms with Crippen molar-refractivity contribution in [3.8, 4) is 0 Å². The SMILES string of the molecule is CCNC(=O)C(C)NC1CCCNC1. The van der Waals surface area contributed by atoms with Crippen LogP contribution in [0.25, 0.3) is 0 Å². The first-order valence-corrected chi connectivity index (χ1v) is 5.48. The summed E-state index contributed by atoms with van der Waals surface area (Å²) in [4.78, 5) is 11.4. The molecule has 2 unspecified atom stereocenters. The molecule has 0 aliphatic carbocycles. The van der Waals surface area contributed by atoms with E-state index < -0.39 is 0 Å². The highest BCUT2D eigenvalue weighted by atomic mass is 16.2. The van der Waals surface area contributed by atoms with Crippen molar-refractivity contribution in [1.82, 2.24) is 16.0 Å². The summed E-state index contributed by atoms with van der Waals surface area (Å²) in [5.41, 5.74) is 0. The van der Waals surface area contributed by atoms with Crippen molar-refractivity contribution in [2.24, 2.45) is 0 Å². The van der Waals surface area contributed by atoms with E-state index in [4.69, 9.17) is 0 Å². The van der Waals surface area contributed by atoms with Gasteiger partial charge in [-0.15, -0.1) is 0 Å². The molecular weight excluding hydrogens is 178 g/mol. The fourth-order valence-corrected chi connectivity index (χ4v) is 1.75. The maximum atomic E-state index is 11.4. The number of amides is 1. The zero-order valence-electron chi connectivity index (χ0n) is 9.10. The van der Waals surface area contributed by atoms with E-state index in [2.05, 4.69) is 16.0 Å². The van der Waals surface area contributed by atoms with Crippen LogP contribution in [-0.2, 0) is 4.79 Å². The molecular formula is C10H21N3O. The third-order valence-electron chi connectivity index (χ3n) is 2.53. The highest BCUT2D eigenvalue weighted by Gasteiger charge is 2.18. The number of hydrogen-bond acceptors (Lipinski definition) is 3. The van der Waals surface area contributed by atoms with Crippen LogP contribution in [0.15, 0.2) is 0 Å². The van der Waals surface area contributed by atoms with Crippen LogP contribution in [0, 0.1) is 0 Å². The molecule has 1 rings (SSSR count). The number of carbonyl (C=O) groups is 1. The van der Waals surface area contributed by atoms with E-state index in [1.54, 1.807) is 0 Å². The van der Waals surface area contributed by atoms with Gasteiger partial charge in [0, 0.05) is 19.1 Å². The minimum atomic E-state index is -0.0835. The van der Waals surface area contributed by atoms with E-state index in [1.807, 2.05) is 13.8 Å². The van der Waals surface area contributed by atoms with Gasteiger partial charge >= 0.3 is 0 Å². The molecule has 1 aliphatic heterocycles. The Labute approximate surface area is 85.8 Å². The second kappa shape index (κ2) is 5.98. The fraction of sp³-hybridized carbons (Fsp3) is 0.900. The van der Waals surface area contributed by atoms with Crippen LogP contribution in [-0.4, -0.2) is 37.6 Å². The van der Waals surface area contributed by atoms with Crippen LogP contribution in [0.5, 0.6) is 0 Å². The quantitative estimate of drug-likeness (QED) is 0.590. The van der Waals surface area contributed by atoms with Crippen molar-refractivity contribution >= 4 is 5.91 Å². The lowest BCUT2D eigenvalue weighted by Crippen LogP contribution is -2.51. The number of hydrogen-bond donors (Lipinski definition) is 3. The second-order valence-electron chi connectivity index (χ2n) is 3.83. The molecule has 14 heavy (non-hydrogen) atoms. The molecule has 0 spiro atoms. The summed E-state index contributed by atoms with van der Waals surface area (Å²) in [5, 5.41) is 9.46. The van der Waals surface area contributed by atoms with Gasteiger partial charge in [-0.3, -0.25) is 4.79 Å². The van der Waals surface area contributed by atoms with Gasteiger partial charge in [-0.1, -0.05) is 0 Å². The summed E-state index contributed by atoms with van der Waals surface area (Å²) in [5.74, 6) is 0.0954. The van der Waals surface area contributed by atoms with Gasteiger partial charge in [-0.25, -0.2) is 0 Å². The molecule has 3 N–H and O–H groups in total. The first-order valence-electron chi connectivity index (χ1n) is 5.48. The third kappa shape index (κ3) is 3.64. The molecule has 0 aromatic heterocycles. The molecule has 0 aromatic rings. The van der Waals surface area contributed by atoms with Crippen LogP contribution < -0.4 is 16.0 Å². The molecule has 0 radical (unpaired) electrons. The Kier molecular flexibility index (Phi) is 4.90. The van der Waals surface area contributed by atoms with Crippen molar-refractivity contribution in [3.05, 3.63) is 0 Å². The largest absolute Gasteiger partial charge is 0.355 e. The molecule has 1 amide bonds. The van der Waals surface area contributed by atoms with Gasteiger partial charge in [-0.05, 0) is 33.2 Å². The van der Waals surface area contributed by atoms with E-state index in [0.717, 1.165) is 19.5 Å². The summed E-state index contributed by atoms with van der Waals surface area (Å²) < 4.78 is 0. The average molecular weight is 199 g/mol. The smallest absolute Gasteiger partial charge is 0.236 e. The lowest BCUT2D eigenvalue weighted by Gasteiger charge is -2.26. The molecule has 0 aromatic carbocycles. The zero-order valence-corrected chi connectivity index (χ0v) is 9.10. The number of nitrogens with one attached hydrogen (secondary N) is 3. The Morgan fingerprint density at radius 3 is 3.00 bits per heavy atom. The van der Waals surface area contributed by atoms with Gasteiger partial charge < -0.3 is 16.0 Å². The van der Waals surface area contributed by atoms with Crippen molar-refractivity contribution in [2.45, 2.75) is 38.8 Å². The van der Waals surface area contributed by atoms with Gasteiger partial charge in [0.25, 0.3) is 0 Å². The van der Waals surface area contributed by atoms with Gasteiger partial charge in [0.2, 0.25) is 5.91 Å². The standard InChI is InChI=1S/C10H21N3O/c1-3-12-10(14)8(2)13-9-5-4-6-11-7-9/h8-9,11,13H,3-7H2,1-2H3,(H,12,14). The molecule has 2 atom stereocenters. The van der Waals surface area contributed by atoms with Crippen molar-refractivity contribution < 1.29 is 4.79 Å². The van der Waals surface area contributed by atoms with Crippen LogP contribution in [0.4, 0.5) is 0 Å². The molecule has 0 saturated carbocycles. The minimum absolute atomic E-state index is 0.0835. The maximum absolute atomic E-state index is 11.4. The lowest BCUT2D eigenvalue weighted by atomic mass is 10.1. The average Bonchev–Trinajstić information content (AvgIpc) is 2.19. The summed E-state index contributed by atoms with van der Waals surface area (Å²) in [7, 11) is 0. The van der Waals surface area contributed by atoms with Gasteiger partial charge in [0.05, 0.1) is 6.04 Å².